The molecule has 0 aliphatic carbocycles. The van der Waals surface area contributed by atoms with Crippen molar-refractivity contribution in [3.05, 3.63) is 30.3 Å². The number of hydrogen-bond donors (Lipinski definition) is 3. The van der Waals surface area contributed by atoms with Gasteiger partial charge in [-0.25, -0.2) is 5.43 Å². The van der Waals surface area contributed by atoms with Gasteiger partial charge in [-0.2, -0.15) is 0 Å². The topological polar surface area (TPSA) is 104 Å². The van der Waals surface area contributed by atoms with E-state index >= 15 is 0 Å². The Morgan fingerprint density at radius 3 is 2.54 bits per heavy atom. The summed E-state index contributed by atoms with van der Waals surface area (Å²) < 4.78 is 0. The van der Waals surface area contributed by atoms with Crippen molar-refractivity contribution >= 4 is 23.4 Å². The number of anilines is 1. The van der Waals surface area contributed by atoms with Gasteiger partial charge >= 0.3 is 0 Å². The molecule has 1 spiro atoms. The smallest absolute Gasteiger partial charge is 0.250 e. The van der Waals surface area contributed by atoms with Crippen LogP contribution < -0.4 is 21.1 Å². The van der Waals surface area contributed by atoms with Crippen molar-refractivity contribution < 1.29 is 14.4 Å². The summed E-state index contributed by atoms with van der Waals surface area (Å²) >= 11 is 0. The molecule has 5 aliphatic heterocycles. The maximum atomic E-state index is 14.1. The third kappa shape index (κ3) is 4.90. The molecule has 5 fully saturated rings. The number of likely N-dealkylation sites (tertiary alicyclic amines) is 2. The predicted molar refractivity (Wildman–Crippen MR) is 147 cm³/mol. The van der Waals surface area contributed by atoms with Crippen LogP contribution in [0.1, 0.15) is 25.7 Å². The third-order valence-corrected chi connectivity index (χ3v) is 9.67. The van der Waals surface area contributed by atoms with Gasteiger partial charge in [0.05, 0.1) is 18.8 Å². The van der Waals surface area contributed by atoms with Crippen LogP contribution in [0.15, 0.2) is 30.3 Å². The molecule has 6 rings (SSSR count). The molecule has 0 aromatic heterocycles. The SMILES string of the molecule is CN(C)[C@H]1CCN(C(=O)CN2CN(c3ccccc3)C3(CCN(C(=O)C4CNC5NNCC5C4)CC3)C2=O)C1. The number of benzene rings is 1. The summed E-state index contributed by atoms with van der Waals surface area (Å²) in [7, 11) is 4.10. The summed E-state index contributed by atoms with van der Waals surface area (Å²) in [6.07, 6.45) is 3.20. The number of likely N-dealkylation sites (N-methyl/N-ethyl adjacent to an activating group) is 1. The number of para-hydroxylation sites is 1. The Labute approximate surface area is 230 Å². The number of amides is 3. The zero-order valence-corrected chi connectivity index (χ0v) is 23.1. The van der Waals surface area contributed by atoms with Crippen LogP contribution in [0.4, 0.5) is 5.69 Å². The quantitative estimate of drug-likeness (QED) is 0.460. The van der Waals surface area contributed by atoms with Crippen LogP contribution in [0.3, 0.4) is 0 Å². The highest BCUT2D eigenvalue weighted by molar-refractivity contribution is 5.96. The molecule has 5 heterocycles. The molecule has 3 amide bonds. The van der Waals surface area contributed by atoms with Crippen molar-refractivity contribution in [3.8, 4) is 0 Å². The summed E-state index contributed by atoms with van der Waals surface area (Å²) in [5, 5.41) is 3.46. The number of carbonyl (C=O) groups is 3. The van der Waals surface area contributed by atoms with Gasteiger partial charge in [0.1, 0.15) is 12.1 Å². The lowest BCUT2D eigenvalue weighted by Gasteiger charge is -2.44. The van der Waals surface area contributed by atoms with Gasteiger partial charge in [-0.15, -0.1) is 0 Å². The number of hydrogen-bond acceptors (Lipinski definition) is 8. The second-order valence-corrected chi connectivity index (χ2v) is 12.1. The number of nitrogens with zero attached hydrogens (tertiary/aromatic N) is 5. The van der Waals surface area contributed by atoms with Crippen molar-refractivity contribution in [1.29, 1.82) is 0 Å². The van der Waals surface area contributed by atoms with E-state index in [1.807, 2.05) is 54.2 Å². The van der Waals surface area contributed by atoms with E-state index in [4.69, 9.17) is 0 Å². The van der Waals surface area contributed by atoms with Crippen molar-refractivity contribution in [1.82, 2.24) is 35.8 Å². The lowest BCUT2D eigenvalue weighted by Crippen LogP contribution is -2.59. The van der Waals surface area contributed by atoms with Crippen LogP contribution in [0.25, 0.3) is 0 Å². The highest BCUT2D eigenvalue weighted by Crippen LogP contribution is 2.40. The van der Waals surface area contributed by atoms with E-state index in [1.54, 1.807) is 4.90 Å². The van der Waals surface area contributed by atoms with Crippen LogP contribution in [0, 0.1) is 11.8 Å². The standard InChI is InChI=1S/C28H42N8O3/c1-32(2)23-8-11-34(17-23)24(37)18-35-19-36(22-6-4-3-5-7-22)28(27(35)39)9-12-33(13-10-28)26(38)21-14-20-16-30-31-25(20)29-15-21/h3-7,20-21,23,25,29-31H,8-19H2,1-2H3/t20?,21?,23-,25?/m0/s1. The Kier molecular flexibility index (Phi) is 7.26. The van der Waals surface area contributed by atoms with Crippen molar-refractivity contribution in [3.63, 3.8) is 0 Å². The van der Waals surface area contributed by atoms with Crippen molar-refractivity contribution in [2.45, 2.75) is 43.4 Å². The Morgan fingerprint density at radius 2 is 1.82 bits per heavy atom. The molecule has 5 saturated heterocycles. The third-order valence-electron chi connectivity index (χ3n) is 9.67. The zero-order chi connectivity index (χ0) is 27.1. The lowest BCUT2D eigenvalue weighted by atomic mass is 9.83. The first-order valence-electron chi connectivity index (χ1n) is 14.4. The first kappa shape index (κ1) is 26.5. The van der Waals surface area contributed by atoms with Gasteiger partial charge in [-0.05, 0) is 51.9 Å². The average molecular weight is 539 g/mol. The largest absolute Gasteiger partial charge is 0.342 e. The molecule has 1 aromatic carbocycles. The molecule has 212 valence electrons. The molecule has 39 heavy (non-hydrogen) atoms. The number of carbonyl (C=O) groups excluding carboxylic acids is 3. The van der Waals surface area contributed by atoms with Crippen LogP contribution in [-0.2, 0) is 14.4 Å². The second-order valence-electron chi connectivity index (χ2n) is 12.1. The predicted octanol–water partition coefficient (Wildman–Crippen LogP) is -0.524. The second kappa shape index (κ2) is 10.7. The Balaban J connectivity index is 1.14. The minimum atomic E-state index is -0.731. The van der Waals surface area contributed by atoms with E-state index < -0.39 is 5.54 Å². The number of hydrazine groups is 1. The minimum absolute atomic E-state index is 0.0143. The van der Waals surface area contributed by atoms with Crippen LogP contribution in [0.2, 0.25) is 0 Å². The molecular formula is C28H42N8O3. The van der Waals surface area contributed by atoms with Crippen molar-refractivity contribution in [2.24, 2.45) is 11.8 Å². The van der Waals surface area contributed by atoms with Crippen LogP contribution >= 0.6 is 0 Å². The van der Waals surface area contributed by atoms with Gasteiger partial charge < -0.3 is 24.5 Å². The van der Waals surface area contributed by atoms with Gasteiger partial charge in [-0.3, -0.25) is 25.1 Å². The molecule has 0 radical (unpaired) electrons. The molecule has 1 aromatic rings. The number of piperidine rings is 2. The molecule has 11 nitrogen and oxygen atoms in total. The van der Waals surface area contributed by atoms with Gasteiger partial charge in [-0.1, -0.05) is 18.2 Å². The summed E-state index contributed by atoms with van der Waals surface area (Å²) in [4.78, 5) is 50.8. The van der Waals surface area contributed by atoms with E-state index in [0.29, 0.717) is 57.6 Å². The molecule has 4 atom stereocenters. The molecule has 0 bridgehead atoms. The minimum Gasteiger partial charge on any atom is -0.342 e. The Morgan fingerprint density at radius 1 is 1.05 bits per heavy atom. The van der Waals surface area contributed by atoms with Gasteiger partial charge in [0.25, 0.3) is 5.91 Å². The summed E-state index contributed by atoms with van der Waals surface area (Å²) in [5.41, 5.74) is 6.68. The highest BCUT2D eigenvalue weighted by atomic mass is 16.2. The van der Waals surface area contributed by atoms with E-state index in [0.717, 1.165) is 31.6 Å². The summed E-state index contributed by atoms with van der Waals surface area (Å²) in [6, 6.07) is 10.4. The van der Waals surface area contributed by atoms with Gasteiger partial charge in [0.2, 0.25) is 11.8 Å². The number of nitrogens with one attached hydrogen (secondary N) is 3. The van der Waals surface area contributed by atoms with Gasteiger partial charge in [0.15, 0.2) is 0 Å². The maximum Gasteiger partial charge on any atom is 0.250 e. The normalized spacial score (nSPS) is 30.5. The fourth-order valence-electron chi connectivity index (χ4n) is 7.21. The van der Waals surface area contributed by atoms with Crippen LogP contribution in [0.5, 0.6) is 0 Å². The van der Waals surface area contributed by atoms with E-state index in [2.05, 4.69) is 26.0 Å². The summed E-state index contributed by atoms with van der Waals surface area (Å²) in [6.45, 7) is 4.58. The molecule has 11 heteroatoms. The van der Waals surface area contributed by atoms with E-state index in [9.17, 15) is 14.4 Å². The van der Waals surface area contributed by atoms with Crippen molar-refractivity contribution in [2.75, 3.05) is 71.5 Å². The molecule has 0 saturated carbocycles. The lowest BCUT2D eigenvalue weighted by molar-refractivity contribution is -0.143. The molecule has 5 aliphatic rings. The monoisotopic (exact) mass is 538 g/mol. The maximum absolute atomic E-state index is 14.1. The van der Waals surface area contributed by atoms with E-state index in [1.165, 1.54) is 0 Å². The van der Waals surface area contributed by atoms with E-state index in [-0.39, 0.29) is 36.3 Å². The fraction of sp³-hybridized carbons (Fsp3) is 0.679. The molecule has 3 unspecified atom stereocenters. The summed E-state index contributed by atoms with van der Waals surface area (Å²) in [5.74, 6) is 0.594. The van der Waals surface area contributed by atoms with Crippen LogP contribution in [-0.4, -0.2) is 122 Å². The number of fused-ring (bicyclic) bond motifs is 1. The Bertz CT molecular complexity index is 1080. The first-order valence-corrected chi connectivity index (χ1v) is 14.4. The van der Waals surface area contributed by atoms with Gasteiger partial charge in [0, 0.05) is 56.9 Å². The Hall–Kier alpha value is -2.73. The first-order chi connectivity index (χ1) is 18.9. The number of rotatable bonds is 5. The zero-order valence-electron chi connectivity index (χ0n) is 23.1. The molecular weight excluding hydrogens is 496 g/mol. The highest BCUT2D eigenvalue weighted by Gasteiger charge is 2.55. The average Bonchev–Trinajstić information content (AvgIpc) is 3.69. The fourth-order valence-corrected chi connectivity index (χ4v) is 7.21. The molecule has 3 N–H and O–H groups in total.